The Morgan fingerprint density at radius 1 is 1.23 bits per heavy atom. The Labute approximate surface area is 82.0 Å². The summed E-state index contributed by atoms with van der Waals surface area (Å²) in [4.78, 5) is 0. The van der Waals surface area contributed by atoms with Crippen molar-refractivity contribution in [3.63, 3.8) is 0 Å². The molecule has 0 aromatic heterocycles. The van der Waals surface area contributed by atoms with Crippen molar-refractivity contribution in [3.05, 3.63) is 0 Å². The second-order valence-electron chi connectivity index (χ2n) is 3.69. The van der Waals surface area contributed by atoms with E-state index in [0.717, 1.165) is 45.2 Å². The third-order valence-corrected chi connectivity index (χ3v) is 1.81. The van der Waals surface area contributed by atoms with E-state index in [1.165, 1.54) is 6.42 Å². The minimum absolute atomic E-state index is 0.723. The normalized spacial score (nSPS) is 11.1. The molecule has 0 aromatic rings. The van der Waals surface area contributed by atoms with Crippen LogP contribution >= 0.6 is 0 Å². The van der Waals surface area contributed by atoms with E-state index in [9.17, 15) is 0 Å². The lowest BCUT2D eigenvalue weighted by molar-refractivity contribution is 0.135. The van der Waals surface area contributed by atoms with Crippen LogP contribution in [0, 0.1) is 5.92 Å². The Morgan fingerprint density at radius 2 is 2.00 bits per heavy atom. The fourth-order valence-electron chi connectivity index (χ4n) is 0.948. The Bertz CT molecular complexity index is 96.9. The third-order valence-electron chi connectivity index (χ3n) is 1.81. The van der Waals surface area contributed by atoms with Crippen molar-refractivity contribution in [1.82, 2.24) is 5.32 Å². The number of nitrogens with one attached hydrogen (secondary N) is 1. The van der Waals surface area contributed by atoms with Crippen LogP contribution < -0.4 is 11.1 Å². The highest BCUT2D eigenvalue weighted by molar-refractivity contribution is 4.50. The zero-order valence-electron chi connectivity index (χ0n) is 9.01. The first-order valence-corrected chi connectivity index (χ1v) is 5.26. The van der Waals surface area contributed by atoms with Gasteiger partial charge in [-0.2, -0.15) is 0 Å². The Morgan fingerprint density at radius 3 is 2.62 bits per heavy atom. The van der Waals surface area contributed by atoms with Gasteiger partial charge in [0.05, 0.1) is 6.61 Å². The van der Waals surface area contributed by atoms with Crippen molar-refractivity contribution in [2.45, 2.75) is 26.7 Å². The van der Waals surface area contributed by atoms with Gasteiger partial charge in [0.15, 0.2) is 0 Å². The molecule has 3 nitrogen and oxygen atoms in total. The summed E-state index contributed by atoms with van der Waals surface area (Å²) in [6, 6.07) is 0. The fourth-order valence-corrected chi connectivity index (χ4v) is 0.948. The molecule has 0 spiro atoms. The minimum Gasteiger partial charge on any atom is -0.380 e. The molecule has 0 radical (unpaired) electrons. The molecular weight excluding hydrogens is 164 g/mol. The van der Waals surface area contributed by atoms with E-state index in [1.54, 1.807) is 0 Å². The standard InChI is InChI=1S/C10H24N2O/c1-10(2)4-6-12-7-9-13-8-3-5-11/h10,12H,3-9,11H2,1-2H3. The second kappa shape index (κ2) is 9.96. The molecule has 0 aliphatic heterocycles. The molecule has 0 saturated heterocycles. The van der Waals surface area contributed by atoms with Gasteiger partial charge in [-0.15, -0.1) is 0 Å². The minimum atomic E-state index is 0.723. The molecule has 0 aromatic carbocycles. The number of hydrogen-bond acceptors (Lipinski definition) is 3. The van der Waals surface area contributed by atoms with Crippen LogP contribution in [0.2, 0.25) is 0 Å². The lowest BCUT2D eigenvalue weighted by Gasteiger charge is -2.07. The summed E-state index contributed by atoms with van der Waals surface area (Å²) in [7, 11) is 0. The van der Waals surface area contributed by atoms with Gasteiger partial charge in [0.1, 0.15) is 0 Å². The quantitative estimate of drug-likeness (QED) is 0.530. The molecule has 0 unspecified atom stereocenters. The first-order valence-electron chi connectivity index (χ1n) is 5.26. The summed E-state index contributed by atoms with van der Waals surface area (Å²) in [6.45, 7) is 8.84. The molecule has 3 heteroatoms. The number of hydrogen-bond donors (Lipinski definition) is 2. The lowest BCUT2D eigenvalue weighted by Crippen LogP contribution is -2.22. The van der Waals surface area contributed by atoms with Crippen LogP contribution in [0.15, 0.2) is 0 Å². The molecule has 13 heavy (non-hydrogen) atoms. The monoisotopic (exact) mass is 188 g/mol. The van der Waals surface area contributed by atoms with Gasteiger partial charge in [-0.25, -0.2) is 0 Å². The first-order chi connectivity index (χ1) is 6.27. The number of nitrogens with two attached hydrogens (primary N) is 1. The maximum atomic E-state index is 5.34. The van der Waals surface area contributed by atoms with Gasteiger partial charge in [-0.1, -0.05) is 13.8 Å². The van der Waals surface area contributed by atoms with Crippen LogP contribution in [-0.4, -0.2) is 32.8 Å². The molecule has 3 N–H and O–H groups in total. The molecule has 0 saturated carbocycles. The van der Waals surface area contributed by atoms with Gasteiger partial charge in [0, 0.05) is 13.2 Å². The van der Waals surface area contributed by atoms with Crippen LogP contribution in [0.5, 0.6) is 0 Å². The van der Waals surface area contributed by atoms with Gasteiger partial charge >= 0.3 is 0 Å². The molecule has 0 fully saturated rings. The molecule has 0 heterocycles. The maximum absolute atomic E-state index is 5.34. The smallest absolute Gasteiger partial charge is 0.0590 e. The zero-order valence-corrected chi connectivity index (χ0v) is 9.01. The SMILES string of the molecule is CC(C)CCNCCOCCCN. The maximum Gasteiger partial charge on any atom is 0.0590 e. The Hall–Kier alpha value is -0.120. The summed E-state index contributed by atoms with van der Waals surface area (Å²) < 4.78 is 5.34. The summed E-state index contributed by atoms with van der Waals surface area (Å²) in [5.41, 5.74) is 5.33. The van der Waals surface area contributed by atoms with Crippen LogP contribution in [0.25, 0.3) is 0 Å². The van der Waals surface area contributed by atoms with E-state index >= 15 is 0 Å². The molecular formula is C10H24N2O. The van der Waals surface area contributed by atoms with Crippen LogP contribution in [0.3, 0.4) is 0 Å². The highest BCUT2D eigenvalue weighted by Crippen LogP contribution is 1.95. The number of ether oxygens (including phenoxy) is 1. The summed E-state index contributed by atoms with van der Waals surface area (Å²) in [5.74, 6) is 0.783. The van der Waals surface area contributed by atoms with E-state index in [1.807, 2.05) is 0 Å². The summed E-state index contributed by atoms with van der Waals surface area (Å²) >= 11 is 0. The van der Waals surface area contributed by atoms with Crippen molar-refractivity contribution < 1.29 is 4.74 Å². The van der Waals surface area contributed by atoms with Crippen LogP contribution in [0.1, 0.15) is 26.7 Å². The highest BCUT2D eigenvalue weighted by atomic mass is 16.5. The molecule has 80 valence electrons. The van der Waals surface area contributed by atoms with Crippen molar-refractivity contribution in [2.24, 2.45) is 11.7 Å². The molecule has 0 amide bonds. The summed E-state index contributed by atoms with van der Waals surface area (Å²) in [5, 5.41) is 3.34. The van der Waals surface area contributed by atoms with Gasteiger partial charge < -0.3 is 15.8 Å². The van der Waals surface area contributed by atoms with E-state index < -0.39 is 0 Å². The van der Waals surface area contributed by atoms with Crippen molar-refractivity contribution in [3.8, 4) is 0 Å². The second-order valence-corrected chi connectivity index (χ2v) is 3.69. The van der Waals surface area contributed by atoms with Crippen molar-refractivity contribution in [1.29, 1.82) is 0 Å². The lowest BCUT2D eigenvalue weighted by atomic mass is 10.1. The zero-order chi connectivity index (χ0) is 9.94. The third kappa shape index (κ3) is 11.9. The number of rotatable bonds is 9. The van der Waals surface area contributed by atoms with E-state index in [-0.39, 0.29) is 0 Å². The first kappa shape index (κ1) is 12.9. The predicted octanol–water partition coefficient (Wildman–Crippen LogP) is 0.987. The van der Waals surface area contributed by atoms with Crippen molar-refractivity contribution >= 4 is 0 Å². The molecule has 0 bridgehead atoms. The highest BCUT2D eigenvalue weighted by Gasteiger charge is 1.92. The average molecular weight is 188 g/mol. The van der Waals surface area contributed by atoms with Gasteiger partial charge in [-0.3, -0.25) is 0 Å². The van der Waals surface area contributed by atoms with Crippen LogP contribution in [0.4, 0.5) is 0 Å². The molecule has 0 aliphatic carbocycles. The van der Waals surface area contributed by atoms with E-state index in [4.69, 9.17) is 10.5 Å². The largest absolute Gasteiger partial charge is 0.380 e. The Balaban J connectivity index is 2.84. The van der Waals surface area contributed by atoms with Crippen LogP contribution in [-0.2, 0) is 4.74 Å². The van der Waals surface area contributed by atoms with Gasteiger partial charge in [0.25, 0.3) is 0 Å². The van der Waals surface area contributed by atoms with Crippen molar-refractivity contribution in [2.75, 3.05) is 32.8 Å². The average Bonchev–Trinajstić information content (AvgIpc) is 2.09. The summed E-state index contributed by atoms with van der Waals surface area (Å²) in [6.07, 6.45) is 2.20. The van der Waals surface area contributed by atoms with E-state index in [0.29, 0.717) is 0 Å². The van der Waals surface area contributed by atoms with E-state index in [2.05, 4.69) is 19.2 Å². The predicted molar refractivity (Wildman–Crippen MR) is 56.8 cm³/mol. The molecule has 0 atom stereocenters. The fraction of sp³-hybridized carbons (Fsp3) is 1.00. The molecule has 0 rings (SSSR count). The van der Waals surface area contributed by atoms with Gasteiger partial charge in [0.2, 0.25) is 0 Å². The topological polar surface area (TPSA) is 47.3 Å². The molecule has 0 aliphatic rings. The Kier molecular flexibility index (Phi) is 9.87. The van der Waals surface area contributed by atoms with Gasteiger partial charge in [-0.05, 0) is 31.8 Å².